The molecule has 40 heavy (non-hydrogen) atoms. The van der Waals surface area contributed by atoms with E-state index in [1.165, 1.54) is 0 Å². The van der Waals surface area contributed by atoms with Gasteiger partial charge < -0.3 is 20.5 Å². The molecular formula is C31H32N6O3. The average Bonchev–Trinajstić information content (AvgIpc) is 3.32. The number of aryl methyl sites for hydroxylation is 2. The van der Waals surface area contributed by atoms with Crippen LogP contribution >= 0.6 is 0 Å². The van der Waals surface area contributed by atoms with Gasteiger partial charge in [0.05, 0.1) is 29.0 Å². The molecule has 1 saturated heterocycles. The molecule has 4 aromatic rings. The number of carbonyl (C=O) groups is 1. The third kappa shape index (κ3) is 5.88. The molecule has 1 fully saturated rings. The SMILES string of the molecule is Cc1cc(C)nc(/C=C/c2nn(C3CCCCO3)c3cc(N(CC#CCO)c4ncccc4C(N)=O)ccc23)c1. The summed E-state index contributed by atoms with van der Waals surface area (Å²) < 4.78 is 8.06. The highest BCUT2D eigenvalue weighted by Gasteiger charge is 2.23. The van der Waals surface area contributed by atoms with Crippen LogP contribution in [0.4, 0.5) is 11.5 Å². The normalized spacial score (nSPS) is 15.2. The lowest BCUT2D eigenvalue weighted by Gasteiger charge is -2.25. The molecule has 0 aliphatic carbocycles. The van der Waals surface area contributed by atoms with Crippen molar-refractivity contribution in [2.45, 2.75) is 39.3 Å². The number of aromatic nitrogens is 4. The number of carbonyl (C=O) groups excluding carboxylic acids is 1. The van der Waals surface area contributed by atoms with E-state index >= 15 is 0 Å². The molecule has 1 aliphatic rings. The molecule has 3 aromatic heterocycles. The Labute approximate surface area is 233 Å². The van der Waals surface area contributed by atoms with Crippen molar-refractivity contribution in [3.63, 3.8) is 0 Å². The van der Waals surface area contributed by atoms with Crippen LogP contribution in [-0.2, 0) is 4.74 Å². The first-order valence-corrected chi connectivity index (χ1v) is 13.3. The highest BCUT2D eigenvalue weighted by molar-refractivity contribution is 5.99. The Bertz CT molecular complexity index is 1610. The minimum absolute atomic E-state index is 0.188. The summed E-state index contributed by atoms with van der Waals surface area (Å²) in [5.41, 5.74) is 11.4. The molecule has 0 saturated carbocycles. The van der Waals surface area contributed by atoms with Crippen LogP contribution in [0.1, 0.15) is 58.5 Å². The summed E-state index contributed by atoms with van der Waals surface area (Å²) in [5, 5.41) is 15.2. The highest BCUT2D eigenvalue weighted by Crippen LogP contribution is 2.34. The first-order valence-electron chi connectivity index (χ1n) is 13.3. The molecule has 1 amide bonds. The van der Waals surface area contributed by atoms with Gasteiger partial charge in [-0.2, -0.15) is 5.10 Å². The minimum atomic E-state index is -0.586. The molecule has 1 unspecified atom stereocenters. The van der Waals surface area contributed by atoms with E-state index in [-0.39, 0.29) is 24.9 Å². The summed E-state index contributed by atoms with van der Waals surface area (Å²) in [4.78, 5) is 23.1. The molecule has 3 N–H and O–H groups in total. The van der Waals surface area contributed by atoms with E-state index in [9.17, 15) is 9.90 Å². The Morgan fingerprint density at radius 3 is 2.83 bits per heavy atom. The Hall–Kier alpha value is -4.52. The smallest absolute Gasteiger partial charge is 0.252 e. The molecule has 1 atom stereocenters. The Morgan fingerprint density at radius 2 is 2.08 bits per heavy atom. The van der Waals surface area contributed by atoms with Crippen molar-refractivity contribution in [3.8, 4) is 11.8 Å². The number of hydrogen-bond donors (Lipinski definition) is 2. The van der Waals surface area contributed by atoms with Gasteiger partial charge >= 0.3 is 0 Å². The third-order valence-corrected chi connectivity index (χ3v) is 6.74. The molecule has 0 radical (unpaired) electrons. The number of amides is 1. The second kappa shape index (κ2) is 12.1. The number of primary amides is 1. The minimum Gasteiger partial charge on any atom is -0.384 e. The Balaban J connectivity index is 1.63. The van der Waals surface area contributed by atoms with Crippen molar-refractivity contribution in [1.29, 1.82) is 0 Å². The fraction of sp³-hybridized carbons (Fsp3) is 0.290. The fourth-order valence-electron chi connectivity index (χ4n) is 4.98. The second-order valence-electron chi connectivity index (χ2n) is 9.73. The average molecular weight is 537 g/mol. The number of rotatable bonds is 7. The summed E-state index contributed by atoms with van der Waals surface area (Å²) in [7, 11) is 0. The molecule has 204 valence electrons. The molecule has 0 spiro atoms. The predicted octanol–water partition coefficient (Wildman–Crippen LogP) is 4.55. The topological polar surface area (TPSA) is 119 Å². The van der Waals surface area contributed by atoms with Gasteiger partial charge in [-0.1, -0.05) is 11.8 Å². The van der Waals surface area contributed by atoms with Crippen molar-refractivity contribution in [1.82, 2.24) is 19.7 Å². The van der Waals surface area contributed by atoms with Crippen LogP contribution < -0.4 is 10.6 Å². The van der Waals surface area contributed by atoms with Gasteiger partial charge in [-0.25, -0.2) is 9.67 Å². The van der Waals surface area contributed by atoms with Crippen LogP contribution in [0.25, 0.3) is 23.1 Å². The van der Waals surface area contributed by atoms with E-state index < -0.39 is 5.91 Å². The van der Waals surface area contributed by atoms with Gasteiger partial charge in [0.1, 0.15) is 12.4 Å². The van der Waals surface area contributed by atoms with Crippen molar-refractivity contribution in [2.75, 3.05) is 24.7 Å². The van der Waals surface area contributed by atoms with Gasteiger partial charge in [0.2, 0.25) is 0 Å². The second-order valence-corrected chi connectivity index (χ2v) is 9.73. The van der Waals surface area contributed by atoms with Crippen molar-refractivity contribution >= 4 is 40.5 Å². The third-order valence-electron chi connectivity index (χ3n) is 6.74. The molecule has 1 aromatic carbocycles. The van der Waals surface area contributed by atoms with Crippen LogP contribution in [0.3, 0.4) is 0 Å². The lowest BCUT2D eigenvalue weighted by Crippen LogP contribution is -2.24. The maximum Gasteiger partial charge on any atom is 0.252 e. The molecule has 0 bridgehead atoms. The van der Waals surface area contributed by atoms with Gasteiger partial charge in [-0.15, -0.1) is 0 Å². The number of anilines is 2. The number of aliphatic hydroxyl groups excluding tert-OH is 1. The quantitative estimate of drug-likeness (QED) is 0.333. The summed E-state index contributed by atoms with van der Waals surface area (Å²) in [6.45, 7) is 4.65. The van der Waals surface area contributed by atoms with Crippen molar-refractivity contribution < 1.29 is 14.6 Å². The first kappa shape index (κ1) is 27.1. The van der Waals surface area contributed by atoms with E-state index in [1.54, 1.807) is 18.3 Å². The highest BCUT2D eigenvalue weighted by atomic mass is 16.5. The van der Waals surface area contributed by atoms with Crippen LogP contribution in [0.15, 0.2) is 48.7 Å². The zero-order valence-electron chi connectivity index (χ0n) is 22.7. The Kier molecular flexibility index (Phi) is 8.20. The zero-order valence-corrected chi connectivity index (χ0v) is 22.7. The number of aliphatic hydroxyl groups is 1. The fourth-order valence-corrected chi connectivity index (χ4v) is 4.98. The maximum absolute atomic E-state index is 12.2. The van der Waals surface area contributed by atoms with Crippen LogP contribution in [0.2, 0.25) is 0 Å². The molecule has 1 aliphatic heterocycles. The van der Waals surface area contributed by atoms with Gasteiger partial charge in [0, 0.05) is 29.6 Å². The number of ether oxygens (including phenoxy) is 1. The number of hydrogen-bond acceptors (Lipinski definition) is 7. The van der Waals surface area contributed by atoms with Crippen LogP contribution in [0.5, 0.6) is 0 Å². The van der Waals surface area contributed by atoms with E-state index in [2.05, 4.69) is 28.7 Å². The van der Waals surface area contributed by atoms with Gasteiger partial charge in [-0.05, 0) is 93.3 Å². The Morgan fingerprint density at radius 1 is 1.20 bits per heavy atom. The van der Waals surface area contributed by atoms with E-state index in [0.29, 0.717) is 12.4 Å². The lowest BCUT2D eigenvalue weighted by atomic mass is 10.1. The molecule has 5 rings (SSSR count). The maximum atomic E-state index is 12.2. The largest absolute Gasteiger partial charge is 0.384 e. The standard InChI is InChI=1S/C31H32N6O3/c1-21-18-22(2)34-23(19-21)10-13-27-25-12-11-24(20-28(25)37(35-27)29-9-3-6-17-40-29)36(15-4-5-16-38)31-26(30(32)39)8-7-14-33-31/h7-8,10-14,18-20,29,38H,3,6,9,15-17H2,1-2H3,(H2,32,39)/b13-10+. The lowest BCUT2D eigenvalue weighted by molar-refractivity contribution is -0.0367. The summed E-state index contributed by atoms with van der Waals surface area (Å²) in [6.07, 6.45) is 8.33. The van der Waals surface area contributed by atoms with E-state index in [0.717, 1.165) is 58.5 Å². The summed E-state index contributed by atoms with van der Waals surface area (Å²) in [6, 6.07) is 13.4. The number of nitrogens with two attached hydrogens (primary N) is 1. The van der Waals surface area contributed by atoms with Gasteiger partial charge in [0.15, 0.2) is 6.23 Å². The molecular weight excluding hydrogens is 504 g/mol. The van der Waals surface area contributed by atoms with Crippen molar-refractivity contribution in [3.05, 3.63) is 76.9 Å². The number of pyridine rings is 2. The summed E-state index contributed by atoms with van der Waals surface area (Å²) >= 11 is 0. The monoisotopic (exact) mass is 536 g/mol. The van der Waals surface area contributed by atoms with Crippen LogP contribution in [0, 0.1) is 25.7 Å². The zero-order chi connectivity index (χ0) is 28.1. The van der Waals surface area contributed by atoms with Gasteiger partial charge in [0.25, 0.3) is 5.91 Å². The van der Waals surface area contributed by atoms with E-state index in [1.807, 2.05) is 59.0 Å². The first-order chi connectivity index (χ1) is 19.4. The number of nitrogens with zero attached hydrogens (tertiary/aromatic N) is 5. The number of benzene rings is 1. The van der Waals surface area contributed by atoms with Crippen LogP contribution in [-0.4, -0.2) is 50.5 Å². The molecule has 9 heteroatoms. The number of fused-ring (bicyclic) bond motifs is 1. The predicted molar refractivity (Wildman–Crippen MR) is 156 cm³/mol. The van der Waals surface area contributed by atoms with Crippen molar-refractivity contribution in [2.24, 2.45) is 5.73 Å². The summed E-state index contributed by atoms with van der Waals surface area (Å²) in [5.74, 6) is 5.43. The van der Waals surface area contributed by atoms with Gasteiger partial charge in [-0.3, -0.25) is 9.78 Å². The van der Waals surface area contributed by atoms with E-state index in [4.69, 9.17) is 15.6 Å². The molecule has 4 heterocycles. The molecule has 9 nitrogen and oxygen atoms in total.